The van der Waals surface area contributed by atoms with Gasteiger partial charge in [0.1, 0.15) is 5.75 Å². The quantitative estimate of drug-likeness (QED) is 0.841. The number of methoxy groups -OCH3 is 1. The smallest absolute Gasteiger partial charge is 0.118 e. The summed E-state index contributed by atoms with van der Waals surface area (Å²) in [5, 5.41) is 14.8. The van der Waals surface area contributed by atoms with Gasteiger partial charge in [-0.25, -0.2) is 0 Å². The fourth-order valence-electron chi connectivity index (χ4n) is 1.76. The van der Waals surface area contributed by atoms with Gasteiger partial charge in [0.25, 0.3) is 0 Å². The molecular formula is C14H17NO2S. The first kappa shape index (κ1) is 13.1. The van der Waals surface area contributed by atoms with Gasteiger partial charge < -0.3 is 15.2 Å². The first-order chi connectivity index (χ1) is 8.83. The van der Waals surface area contributed by atoms with E-state index in [1.165, 1.54) is 4.88 Å². The second kappa shape index (κ2) is 6.54. The molecule has 2 N–H and O–H groups in total. The molecule has 1 aromatic heterocycles. The fourth-order valence-corrected chi connectivity index (χ4v) is 2.42. The van der Waals surface area contributed by atoms with Gasteiger partial charge in [-0.05, 0) is 29.1 Å². The molecule has 3 nitrogen and oxygen atoms in total. The molecule has 1 unspecified atom stereocenters. The monoisotopic (exact) mass is 263 g/mol. The van der Waals surface area contributed by atoms with E-state index in [-0.39, 0.29) is 12.6 Å². The minimum absolute atomic E-state index is 0.0435. The summed E-state index contributed by atoms with van der Waals surface area (Å²) in [5.74, 6) is 0.827. The van der Waals surface area contributed by atoms with Crippen molar-refractivity contribution in [3.05, 3.63) is 52.2 Å². The van der Waals surface area contributed by atoms with Crippen LogP contribution in [0, 0.1) is 0 Å². The lowest BCUT2D eigenvalue weighted by molar-refractivity contribution is 0.244. The predicted octanol–water partition coefficient (Wildman–Crippen LogP) is 2.58. The topological polar surface area (TPSA) is 41.5 Å². The molecule has 0 saturated heterocycles. The highest BCUT2D eigenvalue weighted by Gasteiger charge is 2.09. The van der Waals surface area contributed by atoms with E-state index < -0.39 is 0 Å². The van der Waals surface area contributed by atoms with Crippen LogP contribution in [0.4, 0.5) is 0 Å². The number of nitrogens with one attached hydrogen (secondary N) is 1. The van der Waals surface area contributed by atoms with Crippen LogP contribution in [0.3, 0.4) is 0 Å². The van der Waals surface area contributed by atoms with Crippen molar-refractivity contribution in [2.24, 2.45) is 0 Å². The number of hydrogen-bond donors (Lipinski definition) is 2. The van der Waals surface area contributed by atoms with E-state index in [1.807, 2.05) is 30.3 Å². The van der Waals surface area contributed by atoms with Gasteiger partial charge in [0.15, 0.2) is 0 Å². The molecule has 0 aliphatic rings. The van der Waals surface area contributed by atoms with Crippen LogP contribution in [0.5, 0.6) is 5.75 Å². The summed E-state index contributed by atoms with van der Waals surface area (Å²) < 4.78 is 5.12. The van der Waals surface area contributed by atoms with E-state index in [2.05, 4.69) is 16.8 Å². The Morgan fingerprint density at radius 1 is 1.28 bits per heavy atom. The number of benzene rings is 1. The molecule has 1 heterocycles. The van der Waals surface area contributed by atoms with Crippen molar-refractivity contribution in [2.45, 2.75) is 12.6 Å². The Morgan fingerprint density at radius 3 is 2.61 bits per heavy atom. The van der Waals surface area contributed by atoms with Crippen molar-refractivity contribution in [3.8, 4) is 5.75 Å². The second-order valence-corrected chi connectivity index (χ2v) is 5.00. The summed E-state index contributed by atoms with van der Waals surface area (Å²) in [6.07, 6.45) is 0. The Hall–Kier alpha value is -1.36. The summed E-state index contributed by atoms with van der Waals surface area (Å²) in [5.41, 5.74) is 1.06. The van der Waals surface area contributed by atoms with Gasteiger partial charge in [-0.1, -0.05) is 18.2 Å². The minimum atomic E-state index is -0.0435. The number of rotatable bonds is 6. The van der Waals surface area contributed by atoms with Crippen LogP contribution in [0.1, 0.15) is 16.5 Å². The third-order valence-electron chi connectivity index (χ3n) is 2.80. The molecule has 1 atom stereocenters. The standard InChI is InChI=1S/C14H17NO2S/c1-17-12-6-4-11(5-7-12)14(10-16)15-9-13-3-2-8-18-13/h2-8,14-16H,9-10H2,1H3. The lowest BCUT2D eigenvalue weighted by Gasteiger charge is -2.16. The zero-order valence-electron chi connectivity index (χ0n) is 10.3. The molecule has 4 heteroatoms. The molecule has 0 spiro atoms. The average molecular weight is 263 g/mol. The zero-order valence-corrected chi connectivity index (χ0v) is 11.1. The Balaban J connectivity index is 1.98. The van der Waals surface area contributed by atoms with Crippen LogP contribution in [-0.2, 0) is 6.54 Å². The van der Waals surface area contributed by atoms with Crippen LogP contribution in [0.2, 0.25) is 0 Å². The molecule has 0 amide bonds. The summed E-state index contributed by atoms with van der Waals surface area (Å²) in [6, 6.07) is 11.8. The zero-order chi connectivity index (χ0) is 12.8. The predicted molar refractivity (Wildman–Crippen MR) is 74.0 cm³/mol. The van der Waals surface area contributed by atoms with E-state index >= 15 is 0 Å². The molecule has 0 aliphatic heterocycles. The Morgan fingerprint density at radius 2 is 2.06 bits per heavy atom. The summed E-state index contributed by atoms with van der Waals surface area (Å²) in [6.45, 7) is 0.854. The van der Waals surface area contributed by atoms with Crippen molar-refractivity contribution in [1.82, 2.24) is 5.32 Å². The lowest BCUT2D eigenvalue weighted by atomic mass is 10.1. The maximum atomic E-state index is 9.44. The summed E-state index contributed by atoms with van der Waals surface area (Å²) >= 11 is 1.71. The Labute approximate surface area is 111 Å². The molecule has 1 aromatic carbocycles. The van der Waals surface area contributed by atoms with Crippen molar-refractivity contribution in [3.63, 3.8) is 0 Å². The number of aliphatic hydroxyl groups excluding tert-OH is 1. The normalized spacial score (nSPS) is 12.3. The maximum absolute atomic E-state index is 9.44. The van der Waals surface area contributed by atoms with Gasteiger partial charge in [0.2, 0.25) is 0 Å². The van der Waals surface area contributed by atoms with Crippen LogP contribution in [0.25, 0.3) is 0 Å². The van der Waals surface area contributed by atoms with Crippen LogP contribution in [-0.4, -0.2) is 18.8 Å². The van der Waals surface area contributed by atoms with E-state index in [4.69, 9.17) is 4.74 Å². The molecule has 0 radical (unpaired) electrons. The van der Waals surface area contributed by atoms with E-state index in [1.54, 1.807) is 18.4 Å². The molecule has 0 saturated carbocycles. The molecule has 2 rings (SSSR count). The van der Waals surface area contributed by atoms with Gasteiger partial charge in [-0.3, -0.25) is 0 Å². The van der Waals surface area contributed by atoms with E-state index in [0.717, 1.165) is 17.9 Å². The number of aliphatic hydroxyl groups is 1. The van der Waals surface area contributed by atoms with Crippen LogP contribution >= 0.6 is 11.3 Å². The van der Waals surface area contributed by atoms with E-state index in [9.17, 15) is 5.11 Å². The maximum Gasteiger partial charge on any atom is 0.118 e. The largest absolute Gasteiger partial charge is 0.497 e. The van der Waals surface area contributed by atoms with Gasteiger partial charge in [0, 0.05) is 11.4 Å². The Kier molecular flexibility index (Phi) is 4.75. The number of ether oxygens (including phenoxy) is 1. The molecular weight excluding hydrogens is 246 g/mol. The first-order valence-electron chi connectivity index (χ1n) is 5.84. The third-order valence-corrected chi connectivity index (χ3v) is 3.68. The fraction of sp³-hybridized carbons (Fsp3) is 0.286. The van der Waals surface area contributed by atoms with Crippen LogP contribution < -0.4 is 10.1 Å². The van der Waals surface area contributed by atoms with E-state index in [0.29, 0.717) is 0 Å². The molecule has 2 aromatic rings. The molecule has 0 bridgehead atoms. The first-order valence-corrected chi connectivity index (χ1v) is 6.72. The average Bonchev–Trinajstić information content (AvgIpc) is 2.93. The lowest BCUT2D eigenvalue weighted by Crippen LogP contribution is -2.23. The second-order valence-electron chi connectivity index (χ2n) is 3.97. The highest BCUT2D eigenvalue weighted by Crippen LogP contribution is 2.18. The molecule has 18 heavy (non-hydrogen) atoms. The minimum Gasteiger partial charge on any atom is -0.497 e. The van der Waals surface area contributed by atoms with Gasteiger partial charge in [-0.2, -0.15) is 0 Å². The molecule has 0 aliphatic carbocycles. The summed E-state index contributed by atoms with van der Waals surface area (Å²) in [4.78, 5) is 1.27. The highest BCUT2D eigenvalue weighted by molar-refractivity contribution is 7.09. The van der Waals surface area contributed by atoms with Gasteiger partial charge in [-0.15, -0.1) is 11.3 Å². The molecule has 96 valence electrons. The SMILES string of the molecule is COc1ccc(C(CO)NCc2cccs2)cc1. The van der Waals surface area contributed by atoms with Crippen molar-refractivity contribution in [1.29, 1.82) is 0 Å². The van der Waals surface area contributed by atoms with Crippen molar-refractivity contribution in [2.75, 3.05) is 13.7 Å². The third kappa shape index (κ3) is 3.32. The van der Waals surface area contributed by atoms with Crippen molar-refractivity contribution >= 4 is 11.3 Å². The highest BCUT2D eigenvalue weighted by atomic mass is 32.1. The van der Waals surface area contributed by atoms with Gasteiger partial charge in [0.05, 0.1) is 19.8 Å². The number of hydrogen-bond acceptors (Lipinski definition) is 4. The number of thiophene rings is 1. The molecule has 0 fully saturated rings. The van der Waals surface area contributed by atoms with Crippen LogP contribution in [0.15, 0.2) is 41.8 Å². The summed E-state index contributed by atoms with van der Waals surface area (Å²) in [7, 11) is 1.65. The Bertz CT molecular complexity index is 453. The van der Waals surface area contributed by atoms with Gasteiger partial charge >= 0.3 is 0 Å². The van der Waals surface area contributed by atoms with Crippen molar-refractivity contribution < 1.29 is 9.84 Å².